The first kappa shape index (κ1) is 28.6. The molecule has 0 aliphatic rings. The number of rotatable bonds is 10. The van der Waals surface area contributed by atoms with Gasteiger partial charge in [0.2, 0.25) is 10.0 Å². The number of hydrogen-bond donors (Lipinski definition) is 1. The summed E-state index contributed by atoms with van der Waals surface area (Å²) in [5.74, 6) is 0.493. The number of aryl methyl sites for hydroxylation is 1. The zero-order valence-electron chi connectivity index (χ0n) is 21.8. The van der Waals surface area contributed by atoms with Crippen molar-refractivity contribution < 1.29 is 22.4 Å². The molecule has 1 heterocycles. The van der Waals surface area contributed by atoms with E-state index in [1.165, 1.54) is 41.8 Å². The van der Waals surface area contributed by atoms with Crippen molar-refractivity contribution in [2.24, 2.45) is 0 Å². The summed E-state index contributed by atoms with van der Waals surface area (Å²) in [5, 5.41) is 12.7. The summed E-state index contributed by atoms with van der Waals surface area (Å²) < 4.78 is 39.5. The van der Waals surface area contributed by atoms with Crippen LogP contribution in [-0.4, -0.2) is 25.7 Å². The first-order chi connectivity index (χ1) is 19.2. The average molecular weight is 576 g/mol. The van der Waals surface area contributed by atoms with Crippen LogP contribution in [0.2, 0.25) is 5.02 Å². The van der Waals surface area contributed by atoms with Crippen molar-refractivity contribution in [3.63, 3.8) is 0 Å². The van der Waals surface area contributed by atoms with Crippen LogP contribution in [0.15, 0.2) is 99.8 Å². The molecule has 1 N–H and O–H groups in total. The van der Waals surface area contributed by atoms with Gasteiger partial charge in [-0.15, -0.1) is 0 Å². The molecular weight excluding hydrogens is 550 g/mol. The van der Waals surface area contributed by atoms with Crippen molar-refractivity contribution >= 4 is 39.3 Å². The van der Waals surface area contributed by atoms with Crippen molar-refractivity contribution in [2.75, 3.05) is 12.4 Å². The summed E-state index contributed by atoms with van der Waals surface area (Å²) in [4.78, 5) is 12.8. The van der Waals surface area contributed by atoms with Crippen LogP contribution in [0.1, 0.15) is 22.6 Å². The highest BCUT2D eigenvalue weighted by atomic mass is 35.5. The highest BCUT2D eigenvalue weighted by Crippen LogP contribution is 2.24. The predicted molar refractivity (Wildman–Crippen MR) is 153 cm³/mol. The number of furan rings is 1. The van der Waals surface area contributed by atoms with Crippen molar-refractivity contribution in [1.29, 1.82) is 5.26 Å². The number of methoxy groups -OCH3 is 1. The number of nitrogens with zero attached hydrogens (tertiary/aromatic N) is 2. The van der Waals surface area contributed by atoms with Crippen LogP contribution in [0.3, 0.4) is 0 Å². The Labute approximate surface area is 238 Å². The SMILES string of the molecule is COc1cccc(NC(=O)/C(C#N)=C\c2ccc(CN(Cc3ccc(C)cc3)S(=O)(=O)c3ccc(Cl)cc3)o2)c1. The van der Waals surface area contributed by atoms with E-state index in [-0.39, 0.29) is 29.3 Å². The largest absolute Gasteiger partial charge is 0.497 e. The summed E-state index contributed by atoms with van der Waals surface area (Å²) in [6.07, 6.45) is 1.30. The minimum Gasteiger partial charge on any atom is -0.497 e. The van der Waals surface area contributed by atoms with E-state index in [1.807, 2.05) is 37.3 Å². The number of benzene rings is 3. The van der Waals surface area contributed by atoms with Crippen LogP contribution in [-0.2, 0) is 27.9 Å². The summed E-state index contributed by atoms with van der Waals surface area (Å²) in [6.45, 7) is 1.98. The Hall–Kier alpha value is -4.36. The minimum absolute atomic E-state index is 0.0788. The lowest BCUT2D eigenvalue weighted by atomic mass is 10.1. The van der Waals surface area contributed by atoms with Gasteiger partial charge in [-0.25, -0.2) is 8.42 Å². The zero-order chi connectivity index (χ0) is 28.7. The zero-order valence-corrected chi connectivity index (χ0v) is 23.4. The first-order valence-corrected chi connectivity index (χ1v) is 14.0. The third kappa shape index (κ3) is 7.18. The molecule has 0 atom stereocenters. The Morgan fingerprint density at radius 3 is 2.45 bits per heavy atom. The summed E-state index contributed by atoms with van der Waals surface area (Å²) >= 11 is 5.97. The maximum atomic E-state index is 13.6. The Kier molecular flexibility index (Phi) is 9.07. The van der Waals surface area contributed by atoms with Crippen LogP contribution in [0.25, 0.3) is 6.08 Å². The van der Waals surface area contributed by atoms with Crippen molar-refractivity contribution in [3.05, 3.63) is 118 Å². The van der Waals surface area contributed by atoms with Crippen LogP contribution in [0.4, 0.5) is 5.69 Å². The third-order valence-electron chi connectivity index (χ3n) is 5.92. The fourth-order valence-corrected chi connectivity index (χ4v) is 5.32. The number of sulfonamides is 1. The van der Waals surface area contributed by atoms with Crippen molar-refractivity contribution in [1.82, 2.24) is 4.31 Å². The van der Waals surface area contributed by atoms with Crippen molar-refractivity contribution in [3.8, 4) is 11.8 Å². The standard InChI is InChI=1S/C30H26ClN3O5S/c1-21-6-8-22(9-7-21)19-34(40(36,37)29-14-10-24(31)11-15-29)20-28-13-12-27(39-28)16-23(18-32)30(35)33-25-4-3-5-26(17-25)38-2/h3-17H,19-20H2,1-2H3,(H,33,35)/b23-16-. The molecule has 0 unspecified atom stereocenters. The maximum Gasteiger partial charge on any atom is 0.266 e. The van der Waals surface area contributed by atoms with Gasteiger partial charge >= 0.3 is 0 Å². The maximum absolute atomic E-state index is 13.6. The topological polar surface area (TPSA) is 113 Å². The van der Waals surface area contributed by atoms with Gasteiger partial charge < -0.3 is 14.5 Å². The molecule has 8 nitrogen and oxygen atoms in total. The van der Waals surface area contributed by atoms with E-state index >= 15 is 0 Å². The number of carbonyl (C=O) groups excluding carboxylic acids is 1. The number of ether oxygens (including phenoxy) is 1. The molecule has 0 saturated heterocycles. The summed E-state index contributed by atoms with van der Waals surface area (Å²) in [6, 6.07) is 25.3. The lowest BCUT2D eigenvalue weighted by molar-refractivity contribution is -0.112. The van der Waals surface area contributed by atoms with Gasteiger partial charge in [-0.05, 0) is 61.0 Å². The van der Waals surface area contributed by atoms with Crippen LogP contribution in [0.5, 0.6) is 5.75 Å². The second-order valence-corrected chi connectivity index (χ2v) is 11.2. The Balaban J connectivity index is 1.57. The first-order valence-electron chi connectivity index (χ1n) is 12.1. The molecule has 0 fully saturated rings. The molecule has 4 aromatic rings. The predicted octanol–water partition coefficient (Wildman–Crippen LogP) is 6.19. The Morgan fingerprint density at radius 2 is 1.77 bits per heavy atom. The lowest BCUT2D eigenvalue weighted by Gasteiger charge is -2.21. The molecule has 40 heavy (non-hydrogen) atoms. The van der Waals surface area contributed by atoms with E-state index in [0.29, 0.717) is 22.2 Å². The molecule has 0 bridgehead atoms. The highest BCUT2D eigenvalue weighted by Gasteiger charge is 2.26. The molecular formula is C30H26ClN3O5S. The molecule has 0 radical (unpaired) electrons. The number of halogens is 1. The van der Waals surface area contributed by atoms with Gasteiger partial charge in [0.25, 0.3) is 5.91 Å². The smallest absolute Gasteiger partial charge is 0.266 e. The third-order valence-corrected chi connectivity index (χ3v) is 7.98. The highest BCUT2D eigenvalue weighted by molar-refractivity contribution is 7.89. The van der Waals surface area contributed by atoms with Gasteiger partial charge in [0.15, 0.2) is 0 Å². The number of amides is 1. The second kappa shape index (κ2) is 12.7. The van der Waals surface area contributed by atoms with Gasteiger partial charge in [0, 0.05) is 29.4 Å². The molecule has 204 valence electrons. The number of nitrogens with one attached hydrogen (secondary N) is 1. The van der Waals surface area contributed by atoms with Gasteiger partial charge in [-0.2, -0.15) is 9.57 Å². The molecule has 0 spiro atoms. The molecule has 1 aromatic heterocycles. The fourth-order valence-electron chi connectivity index (χ4n) is 3.80. The van der Waals surface area contributed by atoms with Gasteiger partial charge in [0.05, 0.1) is 18.6 Å². The lowest BCUT2D eigenvalue weighted by Crippen LogP contribution is -2.30. The second-order valence-electron chi connectivity index (χ2n) is 8.87. The number of nitriles is 1. The average Bonchev–Trinajstić information content (AvgIpc) is 3.39. The fraction of sp³-hybridized carbons (Fsp3) is 0.133. The van der Waals surface area contributed by atoms with Crippen LogP contribution >= 0.6 is 11.6 Å². The molecule has 1 amide bonds. The quantitative estimate of drug-likeness (QED) is 0.178. The number of hydrogen-bond acceptors (Lipinski definition) is 6. The molecule has 0 aliphatic carbocycles. The molecule has 4 rings (SSSR count). The summed E-state index contributed by atoms with van der Waals surface area (Å²) in [5.41, 5.74) is 2.14. The van der Waals surface area contributed by atoms with Gasteiger partial charge in [-0.1, -0.05) is 47.5 Å². The van der Waals surface area contributed by atoms with E-state index in [2.05, 4.69) is 5.32 Å². The van der Waals surface area contributed by atoms with E-state index < -0.39 is 15.9 Å². The van der Waals surface area contributed by atoms with E-state index in [4.69, 9.17) is 20.8 Å². The van der Waals surface area contributed by atoms with Crippen molar-refractivity contribution in [2.45, 2.75) is 24.9 Å². The Bertz CT molecular complexity index is 1670. The Morgan fingerprint density at radius 1 is 1.05 bits per heavy atom. The normalized spacial score (nSPS) is 11.7. The van der Waals surface area contributed by atoms with E-state index in [1.54, 1.807) is 36.4 Å². The molecule has 10 heteroatoms. The van der Waals surface area contributed by atoms with Crippen LogP contribution < -0.4 is 10.1 Å². The molecule has 0 saturated carbocycles. The van der Waals surface area contributed by atoms with E-state index in [0.717, 1.165) is 11.1 Å². The number of anilines is 1. The summed E-state index contributed by atoms with van der Waals surface area (Å²) in [7, 11) is -2.41. The van der Waals surface area contributed by atoms with Crippen LogP contribution in [0, 0.1) is 18.3 Å². The monoisotopic (exact) mass is 575 g/mol. The minimum atomic E-state index is -3.92. The van der Waals surface area contributed by atoms with Gasteiger partial charge in [0.1, 0.15) is 28.9 Å². The van der Waals surface area contributed by atoms with Gasteiger partial charge in [-0.3, -0.25) is 4.79 Å². The van der Waals surface area contributed by atoms with E-state index in [9.17, 15) is 18.5 Å². The molecule has 3 aromatic carbocycles. The molecule has 0 aliphatic heterocycles. The number of carbonyl (C=O) groups is 1.